The highest BCUT2D eigenvalue weighted by atomic mass is 32.2. The molecule has 0 atom stereocenters. The number of esters is 1. The van der Waals surface area contributed by atoms with E-state index in [9.17, 15) is 18.0 Å². The van der Waals surface area contributed by atoms with E-state index in [2.05, 4.69) is 5.32 Å². The van der Waals surface area contributed by atoms with Gasteiger partial charge in [0.25, 0.3) is 15.9 Å². The molecule has 0 unspecified atom stereocenters. The number of hydrogen-bond acceptors (Lipinski definition) is 6. The fraction of sp³-hybridized carbons (Fsp3) is 0.231. The fourth-order valence-corrected chi connectivity index (χ4v) is 4.80. The molecule has 0 bridgehead atoms. The predicted octanol–water partition coefficient (Wildman–Crippen LogP) is 3.77. The maximum absolute atomic E-state index is 13.7. The summed E-state index contributed by atoms with van der Waals surface area (Å²) < 4.78 is 39.0. The number of nitrogens with zero attached hydrogens (tertiary/aromatic N) is 1. The van der Waals surface area contributed by atoms with E-state index in [0.29, 0.717) is 11.4 Å². The second kappa shape index (κ2) is 11.5. The standard InChI is InChI=1S/C26H28N2O6S/c1-19(2)27-25(29)18-34-26(30)21-10-7-11-24(16-21)35(31,32)28(17-20-8-5-4-6-9-20)22-12-14-23(33-3)15-13-22/h4-16,19H,17-18H2,1-3H3,(H,27,29). The maximum atomic E-state index is 13.7. The van der Waals surface area contributed by atoms with Crippen LogP contribution in [0, 0.1) is 0 Å². The molecule has 0 aliphatic heterocycles. The number of carbonyl (C=O) groups excluding carboxylic acids is 2. The minimum absolute atomic E-state index is 0.0258. The lowest BCUT2D eigenvalue weighted by atomic mass is 10.2. The van der Waals surface area contributed by atoms with Gasteiger partial charge in [0.2, 0.25) is 0 Å². The SMILES string of the molecule is COc1ccc(N(Cc2ccccc2)S(=O)(=O)c2cccc(C(=O)OCC(=O)NC(C)C)c2)cc1. The Hall–Kier alpha value is -3.85. The van der Waals surface area contributed by atoms with Crippen molar-refractivity contribution in [1.82, 2.24) is 5.32 Å². The van der Waals surface area contributed by atoms with Crippen molar-refractivity contribution < 1.29 is 27.5 Å². The van der Waals surface area contributed by atoms with Crippen LogP contribution in [0.1, 0.15) is 29.8 Å². The Kier molecular flexibility index (Phi) is 8.48. The number of sulfonamides is 1. The summed E-state index contributed by atoms with van der Waals surface area (Å²) in [7, 11) is -2.54. The molecule has 1 amide bonds. The second-order valence-corrected chi connectivity index (χ2v) is 9.88. The maximum Gasteiger partial charge on any atom is 0.338 e. The van der Waals surface area contributed by atoms with Crippen LogP contribution in [0.15, 0.2) is 83.8 Å². The van der Waals surface area contributed by atoms with Gasteiger partial charge >= 0.3 is 5.97 Å². The van der Waals surface area contributed by atoms with Crippen LogP contribution in [-0.4, -0.2) is 40.1 Å². The summed E-state index contributed by atoms with van der Waals surface area (Å²) in [6.07, 6.45) is 0. The number of ether oxygens (including phenoxy) is 2. The monoisotopic (exact) mass is 496 g/mol. The Bertz CT molecular complexity index is 1260. The number of hydrogen-bond donors (Lipinski definition) is 1. The van der Waals surface area contributed by atoms with Gasteiger partial charge in [0.05, 0.1) is 29.8 Å². The first-order valence-corrected chi connectivity index (χ1v) is 12.4. The van der Waals surface area contributed by atoms with E-state index in [-0.39, 0.29) is 23.0 Å². The third-order valence-electron chi connectivity index (χ3n) is 4.97. The lowest BCUT2D eigenvalue weighted by Crippen LogP contribution is -2.34. The summed E-state index contributed by atoms with van der Waals surface area (Å²) in [4.78, 5) is 24.2. The van der Waals surface area contributed by atoms with Crippen molar-refractivity contribution in [2.75, 3.05) is 18.0 Å². The van der Waals surface area contributed by atoms with Crippen molar-refractivity contribution in [1.29, 1.82) is 0 Å². The Balaban J connectivity index is 1.90. The summed E-state index contributed by atoms with van der Waals surface area (Å²) in [5, 5.41) is 2.62. The summed E-state index contributed by atoms with van der Waals surface area (Å²) in [6.45, 7) is 3.20. The molecule has 0 aliphatic rings. The molecule has 0 aliphatic carbocycles. The van der Waals surface area contributed by atoms with Crippen LogP contribution >= 0.6 is 0 Å². The van der Waals surface area contributed by atoms with Crippen molar-refractivity contribution >= 4 is 27.6 Å². The van der Waals surface area contributed by atoms with Crippen LogP contribution in [0.3, 0.4) is 0 Å². The zero-order valence-corrected chi connectivity index (χ0v) is 20.6. The number of methoxy groups -OCH3 is 1. The molecule has 0 saturated heterocycles. The third kappa shape index (κ3) is 6.83. The molecular weight excluding hydrogens is 468 g/mol. The number of anilines is 1. The van der Waals surface area contributed by atoms with Gasteiger partial charge in [0.1, 0.15) is 5.75 Å². The molecule has 0 spiro atoms. The van der Waals surface area contributed by atoms with Crippen LogP contribution in [0.4, 0.5) is 5.69 Å². The van der Waals surface area contributed by atoms with E-state index < -0.39 is 28.5 Å². The zero-order chi connectivity index (χ0) is 25.4. The van der Waals surface area contributed by atoms with Crippen molar-refractivity contribution in [2.24, 2.45) is 0 Å². The summed E-state index contributed by atoms with van der Waals surface area (Å²) >= 11 is 0. The Morgan fingerprint density at radius 2 is 1.63 bits per heavy atom. The van der Waals surface area contributed by atoms with Gasteiger partial charge in [-0.25, -0.2) is 13.2 Å². The van der Waals surface area contributed by atoms with Crippen LogP contribution in [0.5, 0.6) is 5.75 Å². The molecule has 184 valence electrons. The van der Waals surface area contributed by atoms with Gasteiger partial charge in [-0.3, -0.25) is 9.10 Å². The van der Waals surface area contributed by atoms with Gasteiger partial charge < -0.3 is 14.8 Å². The number of benzene rings is 3. The van der Waals surface area contributed by atoms with E-state index in [4.69, 9.17) is 9.47 Å². The molecule has 0 aromatic heterocycles. The summed E-state index contributed by atoms with van der Waals surface area (Å²) in [5.74, 6) is -0.636. The first-order chi connectivity index (χ1) is 16.7. The Morgan fingerprint density at radius 3 is 2.26 bits per heavy atom. The van der Waals surface area contributed by atoms with Crippen molar-refractivity contribution in [3.63, 3.8) is 0 Å². The normalized spacial score (nSPS) is 11.1. The molecule has 0 saturated carbocycles. The molecular formula is C26H28N2O6S. The number of nitrogens with one attached hydrogen (secondary N) is 1. The van der Waals surface area contributed by atoms with Gasteiger partial charge in [-0.2, -0.15) is 0 Å². The number of rotatable bonds is 10. The topological polar surface area (TPSA) is 102 Å². The van der Waals surface area contributed by atoms with Crippen LogP contribution in [-0.2, 0) is 26.1 Å². The molecule has 9 heteroatoms. The first-order valence-electron chi connectivity index (χ1n) is 11.0. The molecule has 0 radical (unpaired) electrons. The lowest BCUT2D eigenvalue weighted by Gasteiger charge is -2.25. The third-order valence-corrected chi connectivity index (χ3v) is 6.74. The van der Waals surface area contributed by atoms with E-state index in [1.165, 1.54) is 35.7 Å². The molecule has 8 nitrogen and oxygen atoms in total. The molecule has 0 fully saturated rings. The zero-order valence-electron chi connectivity index (χ0n) is 19.8. The summed E-state index contributed by atoms with van der Waals surface area (Å²) in [5.41, 5.74) is 1.25. The minimum atomic E-state index is -4.07. The van der Waals surface area contributed by atoms with Crippen molar-refractivity contribution in [2.45, 2.75) is 31.3 Å². The lowest BCUT2D eigenvalue weighted by molar-refractivity contribution is -0.124. The number of carbonyl (C=O) groups is 2. The Labute approximate surface area is 205 Å². The van der Waals surface area contributed by atoms with Gasteiger partial charge in [-0.05, 0) is 61.9 Å². The highest BCUT2D eigenvalue weighted by molar-refractivity contribution is 7.92. The quantitative estimate of drug-likeness (QED) is 0.429. The molecule has 0 heterocycles. The molecule has 1 N–H and O–H groups in total. The fourth-order valence-electron chi connectivity index (χ4n) is 3.30. The van der Waals surface area contributed by atoms with Crippen molar-refractivity contribution in [3.05, 3.63) is 90.0 Å². The highest BCUT2D eigenvalue weighted by Gasteiger charge is 2.26. The smallest absolute Gasteiger partial charge is 0.338 e. The molecule has 3 aromatic rings. The minimum Gasteiger partial charge on any atom is -0.497 e. The summed E-state index contributed by atoms with van der Waals surface area (Å²) in [6, 6.07) is 21.3. The van der Waals surface area contributed by atoms with Crippen LogP contribution in [0.25, 0.3) is 0 Å². The van der Waals surface area contributed by atoms with E-state index in [1.54, 1.807) is 38.1 Å². The molecule has 3 aromatic carbocycles. The Morgan fingerprint density at radius 1 is 0.943 bits per heavy atom. The van der Waals surface area contributed by atoms with E-state index in [1.807, 2.05) is 30.3 Å². The molecule has 35 heavy (non-hydrogen) atoms. The van der Waals surface area contributed by atoms with E-state index in [0.717, 1.165) is 5.56 Å². The van der Waals surface area contributed by atoms with Crippen LogP contribution < -0.4 is 14.4 Å². The van der Waals surface area contributed by atoms with Gasteiger partial charge in [-0.15, -0.1) is 0 Å². The van der Waals surface area contributed by atoms with Crippen molar-refractivity contribution in [3.8, 4) is 5.75 Å². The van der Waals surface area contributed by atoms with Gasteiger partial charge in [-0.1, -0.05) is 36.4 Å². The second-order valence-electron chi connectivity index (χ2n) is 8.02. The largest absolute Gasteiger partial charge is 0.497 e. The average Bonchev–Trinajstić information content (AvgIpc) is 2.86. The predicted molar refractivity (Wildman–Crippen MR) is 133 cm³/mol. The van der Waals surface area contributed by atoms with Gasteiger partial charge in [0.15, 0.2) is 6.61 Å². The molecule has 3 rings (SSSR count). The average molecular weight is 497 g/mol. The number of amides is 1. The van der Waals surface area contributed by atoms with Crippen LogP contribution in [0.2, 0.25) is 0 Å². The van der Waals surface area contributed by atoms with Gasteiger partial charge in [0, 0.05) is 6.04 Å². The van der Waals surface area contributed by atoms with E-state index >= 15 is 0 Å². The highest BCUT2D eigenvalue weighted by Crippen LogP contribution is 2.28. The first kappa shape index (κ1) is 25.8.